The highest BCUT2D eigenvalue weighted by Crippen LogP contribution is 2.28. The first-order valence-electron chi connectivity index (χ1n) is 7.50. The van der Waals surface area contributed by atoms with Crippen molar-refractivity contribution in [1.29, 1.82) is 0 Å². The van der Waals surface area contributed by atoms with Gasteiger partial charge in [0.25, 0.3) is 0 Å². The van der Waals surface area contributed by atoms with Crippen LogP contribution < -0.4 is 10.1 Å². The van der Waals surface area contributed by atoms with E-state index in [1.807, 2.05) is 18.2 Å². The van der Waals surface area contributed by atoms with E-state index in [2.05, 4.69) is 47.6 Å². The predicted molar refractivity (Wildman–Crippen MR) is 83.6 cm³/mol. The van der Waals surface area contributed by atoms with Gasteiger partial charge >= 0.3 is 0 Å². The lowest BCUT2D eigenvalue weighted by molar-refractivity contribution is 0.220. The molecule has 1 aromatic heterocycles. The predicted octanol–water partition coefficient (Wildman–Crippen LogP) is 3.09. The van der Waals surface area contributed by atoms with Crippen LogP contribution in [0.1, 0.15) is 25.1 Å². The van der Waals surface area contributed by atoms with Crippen LogP contribution in [0, 0.1) is 5.92 Å². The van der Waals surface area contributed by atoms with E-state index in [0.29, 0.717) is 12.0 Å². The number of nitrogens with one attached hydrogen (secondary N) is 1. The summed E-state index contributed by atoms with van der Waals surface area (Å²) in [5.41, 5.74) is 2.32. The normalized spacial score (nSPS) is 17.2. The lowest BCUT2D eigenvalue weighted by Crippen LogP contribution is -2.23. The van der Waals surface area contributed by atoms with E-state index in [1.165, 1.54) is 5.56 Å². The highest BCUT2D eigenvalue weighted by Gasteiger charge is 2.20. The highest BCUT2D eigenvalue weighted by atomic mass is 16.5. The quantitative estimate of drug-likeness (QED) is 0.936. The van der Waals surface area contributed by atoms with Crippen molar-refractivity contribution in [3.63, 3.8) is 0 Å². The molecule has 0 bridgehead atoms. The molecule has 0 saturated carbocycles. The largest absolute Gasteiger partial charge is 0.493 e. The van der Waals surface area contributed by atoms with Gasteiger partial charge in [-0.25, -0.2) is 0 Å². The second-order valence-corrected chi connectivity index (χ2v) is 5.90. The molecule has 0 spiro atoms. The third kappa shape index (κ3) is 3.51. The van der Waals surface area contributed by atoms with E-state index in [4.69, 9.17) is 4.74 Å². The minimum atomic E-state index is 0.369. The maximum absolute atomic E-state index is 5.82. The third-order valence-electron chi connectivity index (χ3n) is 3.61. The molecule has 4 nitrogen and oxygen atoms in total. The fraction of sp³-hybridized carbons (Fsp3) is 0.412. The Labute approximate surface area is 125 Å². The van der Waals surface area contributed by atoms with Gasteiger partial charge in [-0.15, -0.1) is 5.10 Å². The number of ether oxygens (including phenoxy) is 1. The van der Waals surface area contributed by atoms with Crippen LogP contribution in [-0.4, -0.2) is 22.8 Å². The van der Waals surface area contributed by atoms with Crippen molar-refractivity contribution in [2.24, 2.45) is 5.92 Å². The van der Waals surface area contributed by atoms with Gasteiger partial charge in [0.1, 0.15) is 11.6 Å². The molecular weight excluding hydrogens is 262 g/mol. The topological polar surface area (TPSA) is 47.0 Å². The Balaban J connectivity index is 1.62. The smallest absolute Gasteiger partial charge is 0.148 e. The molecule has 4 heteroatoms. The first-order chi connectivity index (χ1) is 10.2. The first-order valence-corrected chi connectivity index (χ1v) is 7.50. The van der Waals surface area contributed by atoms with E-state index in [9.17, 15) is 0 Å². The van der Waals surface area contributed by atoms with Crippen molar-refractivity contribution in [2.75, 3.05) is 11.9 Å². The zero-order valence-corrected chi connectivity index (χ0v) is 12.5. The summed E-state index contributed by atoms with van der Waals surface area (Å²) >= 11 is 0. The van der Waals surface area contributed by atoms with Crippen LogP contribution in [0.3, 0.4) is 0 Å². The lowest BCUT2D eigenvalue weighted by atomic mass is 9.93. The molecule has 1 aliphatic heterocycles. The van der Waals surface area contributed by atoms with Crippen molar-refractivity contribution >= 4 is 5.82 Å². The molecule has 0 unspecified atom stereocenters. The highest BCUT2D eigenvalue weighted by molar-refractivity contribution is 5.36. The van der Waals surface area contributed by atoms with Gasteiger partial charge in [-0.1, -0.05) is 18.2 Å². The van der Waals surface area contributed by atoms with Crippen LogP contribution in [0.15, 0.2) is 36.4 Å². The number of para-hydroxylation sites is 1. The standard InChI is InChI=1S/C17H21N3O/c1-12(2)18-17-8-7-15(19-20-17)10-13-9-14-5-3-4-6-16(14)21-11-13/h3-8,12-13H,9-11H2,1-2H3,(H,18,20)/t13-/m0/s1. The van der Waals surface area contributed by atoms with Crippen LogP contribution in [-0.2, 0) is 12.8 Å². The zero-order valence-electron chi connectivity index (χ0n) is 12.5. The monoisotopic (exact) mass is 283 g/mol. The van der Waals surface area contributed by atoms with Crippen LogP contribution in [0.2, 0.25) is 0 Å². The summed E-state index contributed by atoms with van der Waals surface area (Å²) in [7, 11) is 0. The average Bonchev–Trinajstić information content (AvgIpc) is 2.49. The van der Waals surface area contributed by atoms with Gasteiger partial charge in [-0.2, -0.15) is 5.10 Å². The van der Waals surface area contributed by atoms with E-state index in [0.717, 1.165) is 36.7 Å². The van der Waals surface area contributed by atoms with Crippen LogP contribution in [0.25, 0.3) is 0 Å². The summed E-state index contributed by atoms with van der Waals surface area (Å²) in [4.78, 5) is 0. The molecule has 1 atom stereocenters. The number of nitrogens with zero attached hydrogens (tertiary/aromatic N) is 2. The van der Waals surface area contributed by atoms with Crippen molar-refractivity contribution < 1.29 is 4.74 Å². The molecular formula is C17H21N3O. The van der Waals surface area contributed by atoms with E-state index in [1.54, 1.807) is 0 Å². The molecule has 110 valence electrons. The van der Waals surface area contributed by atoms with Crippen LogP contribution in [0.4, 0.5) is 5.82 Å². The number of hydrogen-bond acceptors (Lipinski definition) is 4. The van der Waals surface area contributed by atoms with Crippen molar-refractivity contribution in [2.45, 2.75) is 32.7 Å². The summed E-state index contributed by atoms with van der Waals surface area (Å²) in [6.45, 7) is 4.93. The van der Waals surface area contributed by atoms with Gasteiger partial charge < -0.3 is 10.1 Å². The van der Waals surface area contributed by atoms with Crippen molar-refractivity contribution in [3.8, 4) is 5.75 Å². The van der Waals surface area contributed by atoms with Gasteiger partial charge in [0, 0.05) is 12.0 Å². The van der Waals surface area contributed by atoms with Gasteiger partial charge in [0.15, 0.2) is 0 Å². The summed E-state index contributed by atoms with van der Waals surface area (Å²) in [5.74, 6) is 2.33. The summed E-state index contributed by atoms with van der Waals surface area (Å²) in [5, 5.41) is 11.8. The zero-order chi connectivity index (χ0) is 14.7. The van der Waals surface area contributed by atoms with Gasteiger partial charge in [-0.3, -0.25) is 0 Å². The fourth-order valence-corrected chi connectivity index (χ4v) is 2.66. The molecule has 2 aromatic rings. The van der Waals surface area contributed by atoms with Crippen LogP contribution >= 0.6 is 0 Å². The molecule has 0 saturated heterocycles. The first kappa shape index (κ1) is 13.9. The van der Waals surface area contributed by atoms with Gasteiger partial charge in [-0.05, 0) is 50.5 Å². The average molecular weight is 283 g/mol. The Morgan fingerprint density at radius 2 is 2.05 bits per heavy atom. The molecule has 0 fully saturated rings. The summed E-state index contributed by atoms with van der Waals surface area (Å²) < 4.78 is 5.82. The van der Waals surface area contributed by atoms with Crippen molar-refractivity contribution in [1.82, 2.24) is 10.2 Å². The maximum atomic E-state index is 5.82. The van der Waals surface area contributed by atoms with E-state index < -0.39 is 0 Å². The Kier molecular flexibility index (Phi) is 4.04. The number of anilines is 1. The third-order valence-corrected chi connectivity index (χ3v) is 3.61. The minimum Gasteiger partial charge on any atom is -0.493 e. The number of aromatic nitrogens is 2. The van der Waals surface area contributed by atoms with E-state index in [-0.39, 0.29) is 0 Å². The summed E-state index contributed by atoms with van der Waals surface area (Å²) in [6, 6.07) is 12.7. The maximum Gasteiger partial charge on any atom is 0.148 e. The SMILES string of the molecule is CC(C)Nc1ccc(C[C@H]2COc3ccccc3C2)nn1. The van der Waals surface area contributed by atoms with Gasteiger partial charge in [0.2, 0.25) is 0 Å². The number of rotatable bonds is 4. The number of benzene rings is 1. The minimum absolute atomic E-state index is 0.369. The molecule has 0 aliphatic carbocycles. The molecule has 1 aromatic carbocycles. The van der Waals surface area contributed by atoms with Gasteiger partial charge in [0.05, 0.1) is 12.3 Å². The Morgan fingerprint density at radius 3 is 2.81 bits per heavy atom. The second kappa shape index (κ2) is 6.12. The second-order valence-electron chi connectivity index (χ2n) is 5.90. The molecule has 0 amide bonds. The Hall–Kier alpha value is -2.10. The molecule has 0 radical (unpaired) electrons. The molecule has 2 heterocycles. The van der Waals surface area contributed by atoms with Crippen molar-refractivity contribution in [3.05, 3.63) is 47.7 Å². The Morgan fingerprint density at radius 1 is 1.19 bits per heavy atom. The summed E-state index contributed by atoms with van der Waals surface area (Å²) in [6.07, 6.45) is 1.95. The molecule has 1 aliphatic rings. The fourth-order valence-electron chi connectivity index (χ4n) is 2.66. The van der Waals surface area contributed by atoms with Crippen LogP contribution in [0.5, 0.6) is 5.75 Å². The molecule has 21 heavy (non-hydrogen) atoms. The number of fused-ring (bicyclic) bond motifs is 1. The Bertz CT molecular complexity index is 595. The number of hydrogen-bond donors (Lipinski definition) is 1. The lowest BCUT2D eigenvalue weighted by Gasteiger charge is -2.24. The molecule has 3 rings (SSSR count). The van der Waals surface area contributed by atoms with E-state index >= 15 is 0 Å². The molecule has 1 N–H and O–H groups in total.